The molecule has 358 valence electrons. The van der Waals surface area contributed by atoms with E-state index in [0.29, 0.717) is 41.0 Å². The molecule has 4 heterocycles. The Labute approximate surface area is 409 Å². The summed E-state index contributed by atoms with van der Waals surface area (Å²) in [4.78, 5) is 34.5. The highest BCUT2D eigenvalue weighted by molar-refractivity contribution is 9.10. The van der Waals surface area contributed by atoms with Crippen LogP contribution in [0.1, 0.15) is 83.2 Å². The summed E-state index contributed by atoms with van der Waals surface area (Å²) in [6.45, 7) is 8.93. The van der Waals surface area contributed by atoms with Gasteiger partial charge in [0, 0.05) is 96.8 Å². The SMILES string of the molecule is Cc1cc(-n2cnc3c(NCC4CCOCC4)cc(Br)cc32)ccc1C(=O)NC1CC1.Cc1cc(-n2cnc3c(NCC4CCOCC4)cc(Oc4cccc(F)c4)cc32)ccc1C(=O)NC1CC1. The van der Waals surface area contributed by atoms with Crippen LogP contribution in [0.3, 0.4) is 0 Å². The summed E-state index contributed by atoms with van der Waals surface area (Å²) in [5.41, 5.74) is 10.7. The number of anilines is 2. The molecule has 0 spiro atoms. The van der Waals surface area contributed by atoms with E-state index in [0.717, 1.165) is 157 Å². The number of rotatable bonds is 14. The molecule has 2 saturated heterocycles. The molecule has 15 heteroatoms. The maximum Gasteiger partial charge on any atom is 0.251 e. The first-order valence-corrected chi connectivity index (χ1v) is 25.0. The third kappa shape index (κ3) is 11.3. The number of imidazole rings is 2. The zero-order valence-corrected chi connectivity index (χ0v) is 40.6. The van der Waals surface area contributed by atoms with Crippen LogP contribution < -0.4 is 26.0 Å². The summed E-state index contributed by atoms with van der Waals surface area (Å²) in [6, 6.07) is 26.5. The average molecular weight is 998 g/mol. The largest absolute Gasteiger partial charge is 0.457 e. The topological polar surface area (TPSA) is 146 Å². The van der Waals surface area contributed by atoms with Crippen molar-refractivity contribution < 1.29 is 28.2 Å². The van der Waals surface area contributed by atoms with Gasteiger partial charge >= 0.3 is 0 Å². The standard InChI is InChI=1S/C30H31FN4O3.C24H27BrN4O2/c1-19-13-23(7-8-26(19)30(36)34-22-5-6-22)35-18-33-29-27(32-17-20-9-11-37-12-10-20)15-25(16-28(29)35)38-24-4-2-3-21(31)14-24;1-15-10-19(4-5-20(15)24(30)28-18-2-3-18)29-14-27-23-21(11-17(25)12-22(23)29)26-13-16-6-8-31-9-7-16/h2-4,7-8,13-16,18,20,22,32H,5-6,9-12,17H2,1H3,(H,34,36);4-5,10-12,14,16,18,26H,2-3,6-9,13H2,1H3,(H,28,30). The fraction of sp³-hybridized carbons (Fsp3) is 0.370. The van der Waals surface area contributed by atoms with E-state index in [1.165, 1.54) is 12.1 Å². The van der Waals surface area contributed by atoms with Crippen LogP contribution in [0.2, 0.25) is 0 Å². The van der Waals surface area contributed by atoms with Gasteiger partial charge in [0.2, 0.25) is 0 Å². The first-order valence-electron chi connectivity index (χ1n) is 24.2. The molecule has 7 aromatic rings. The number of fused-ring (bicyclic) bond motifs is 2. The summed E-state index contributed by atoms with van der Waals surface area (Å²) in [5, 5.41) is 13.3. The van der Waals surface area contributed by atoms with Gasteiger partial charge in [-0.15, -0.1) is 0 Å². The molecule has 5 aromatic carbocycles. The number of benzene rings is 5. The van der Waals surface area contributed by atoms with E-state index in [2.05, 4.69) is 60.0 Å². The number of halogens is 2. The van der Waals surface area contributed by atoms with Crippen molar-refractivity contribution in [1.29, 1.82) is 0 Å². The molecule has 4 N–H and O–H groups in total. The normalized spacial score (nSPS) is 16.5. The maximum atomic E-state index is 13.8. The summed E-state index contributed by atoms with van der Waals surface area (Å²) < 4.78 is 36.0. The molecule has 4 fully saturated rings. The number of nitrogens with zero attached hydrogens (tertiary/aromatic N) is 4. The predicted octanol–water partition coefficient (Wildman–Crippen LogP) is 10.8. The van der Waals surface area contributed by atoms with E-state index in [-0.39, 0.29) is 17.6 Å². The van der Waals surface area contributed by atoms with E-state index in [4.69, 9.17) is 24.2 Å². The molecule has 0 atom stereocenters. The molecule has 2 aliphatic heterocycles. The zero-order chi connectivity index (χ0) is 47.4. The molecule has 11 rings (SSSR count). The lowest BCUT2D eigenvalue weighted by Crippen LogP contribution is -2.26. The average Bonchev–Trinajstić information content (AvgIpc) is 4.27. The van der Waals surface area contributed by atoms with Crippen molar-refractivity contribution in [2.75, 3.05) is 50.2 Å². The van der Waals surface area contributed by atoms with Crippen LogP contribution in [0.15, 0.2) is 102 Å². The molecule has 2 aliphatic carbocycles. The Hall–Kier alpha value is -6.29. The van der Waals surface area contributed by atoms with Crippen molar-refractivity contribution in [2.24, 2.45) is 11.8 Å². The van der Waals surface area contributed by atoms with Crippen LogP contribution in [0.5, 0.6) is 11.5 Å². The van der Waals surface area contributed by atoms with Gasteiger partial charge in [0.05, 0.1) is 22.4 Å². The van der Waals surface area contributed by atoms with Crippen LogP contribution >= 0.6 is 15.9 Å². The Morgan fingerprint density at radius 3 is 1.64 bits per heavy atom. The summed E-state index contributed by atoms with van der Waals surface area (Å²) >= 11 is 3.66. The summed E-state index contributed by atoms with van der Waals surface area (Å²) in [7, 11) is 0. The quantitative estimate of drug-likeness (QED) is 0.0837. The van der Waals surface area contributed by atoms with Gasteiger partial charge in [0.15, 0.2) is 0 Å². The lowest BCUT2D eigenvalue weighted by atomic mass is 10.0. The molecule has 2 saturated carbocycles. The van der Waals surface area contributed by atoms with Gasteiger partial charge in [0.1, 0.15) is 41.0 Å². The third-order valence-electron chi connectivity index (χ3n) is 13.4. The fourth-order valence-corrected chi connectivity index (χ4v) is 9.52. The minimum atomic E-state index is -0.354. The highest BCUT2D eigenvalue weighted by atomic mass is 79.9. The number of amides is 2. The summed E-state index contributed by atoms with van der Waals surface area (Å²) in [5.74, 6) is 1.78. The van der Waals surface area contributed by atoms with Gasteiger partial charge in [-0.1, -0.05) is 22.0 Å². The van der Waals surface area contributed by atoms with Crippen molar-refractivity contribution in [3.8, 4) is 22.9 Å². The van der Waals surface area contributed by atoms with Crippen molar-refractivity contribution in [2.45, 2.75) is 77.3 Å². The van der Waals surface area contributed by atoms with E-state index in [1.54, 1.807) is 18.5 Å². The second kappa shape index (κ2) is 20.7. The van der Waals surface area contributed by atoms with Gasteiger partial charge in [0.25, 0.3) is 11.8 Å². The Balaban J connectivity index is 0.000000164. The molecule has 0 bridgehead atoms. The Kier molecular flexibility index (Phi) is 14.0. The molecular weight excluding hydrogens is 940 g/mol. The van der Waals surface area contributed by atoms with Gasteiger partial charge < -0.3 is 35.5 Å². The molecule has 69 heavy (non-hydrogen) atoms. The van der Waals surface area contributed by atoms with Crippen molar-refractivity contribution in [1.82, 2.24) is 29.7 Å². The lowest BCUT2D eigenvalue weighted by molar-refractivity contribution is 0.0698. The van der Waals surface area contributed by atoms with E-state index < -0.39 is 0 Å². The van der Waals surface area contributed by atoms with Gasteiger partial charge in [-0.05, 0) is 149 Å². The van der Waals surface area contributed by atoms with Gasteiger partial charge in [-0.3, -0.25) is 18.7 Å². The number of aryl methyl sites for hydroxylation is 2. The molecule has 0 radical (unpaired) electrons. The highest BCUT2D eigenvalue weighted by Gasteiger charge is 2.26. The second-order valence-corrected chi connectivity index (χ2v) is 19.7. The number of nitrogens with one attached hydrogen (secondary N) is 4. The third-order valence-corrected chi connectivity index (χ3v) is 13.9. The van der Waals surface area contributed by atoms with Gasteiger partial charge in [-0.25, -0.2) is 14.4 Å². The number of carbonyl (C=O) groups is 2. The van der Waals surface area contributed by atoms with Gasteiger partial charge in [-0.2, -0.15) is 0 Å². The Morgan fingerprint density at radius 1 is 0.638 bits per heavy atom. The maximum absolute atomic E-state index is 13.8. The fourth-order valence-electron chi connectivity index (χ4n) is 9.07. The molecular formula is C54H58BrFN8O5. The van der Waals surface area contributed by atoms with Crippen molar-refractivity contribution in [3.05, 3.63) is 130 Å². The Morgan fingerprint density at radius 2 is 1.14 bits per heavy atom. The summed E-state index contributed by atoms with van der Waals surface area (Å²) in [6.07, 6.45) is 12.1. The van der Waals surface area contributed by atoms with Crippen molar-refractivity contribution >= 4 is 61.2 Å². The van der Waals surface area contributed by atoms with Crippen LogP contribution in [-0.4, -0.2) is 82.5 Å². The molecule has 2 aromatic heterocycles. The molecule has 13 nitrogen and oxygen atoms in total. The molecule has 2 amide bonds. The first kappa shape index (κ1) is 46.4. The molecule has 0 unspecified atom stereocenters. The number of hydrogen-bond acceptors (Lipinski definition) is 9. The van der Waals surface area contributed by atoms with Crippen LogP contribution in [0.25, 0.3) is 33.4 Å². The smallest absolute Gasteiger partial charge is 0.251 e. The van der Waals surface area contributed by atoms with Crippen molar-refractivity contribution in [3.63, 3.8) is 0 Å². The number of aromatic nitrogens is 4. The highest BCUT2D eigenvalue weighted by Crippen LogP contribution is 2.35. The van der Waals surface area contributed by atoms with E-state index >= 15 is 0 Å². The second-order valence-electron chi connectivity index (χ2n) is 18.8. The lowest BCUT2D eigenvalue weighted by Gasteiger charge is -2.23. The van der Waals surface area contributed by atoms with Crippen LogP contribution in [0, 0.1) is 31.5 Å². The molecule has 4 aliphatic rings. The number of ether oxygens (including phenoxy) is 3. The predicted molar refractivity (Wildman–Crippen MR) is 271 cm³/mol. The monoisotopic (exact) mass is 996 g/mol. The van der Waals surface area contributed by atoms with Crippen LogP contribution in [-0.2, 0) is 9.47 Å². The number of carbonyl (C=O) groups excluding carboxylic acids is 2. The van der Waals surface area contributed by atoms with E-state index in [1.807, 2.05) is 67.2 Å². The van der Waals surface area contributed by atoms with Crippen LogP contribution in [0.4, 0.5) is 15.8 Å². The van der Waals surface area contributed by atoms with E-state index in [9.17, 15) is 14.0 Å². The zero-order valence-electron chi connectivity index (χ0n) is 39.0. The minimum Gasteiger partial charge on any atom is -0.457 e. The minimum absolute atomic E-state index is 0.0179. The first-order chi connectivity index (χ1) is 33.6. The number of hydrogen-bond donors (Lipinski definition) is 4. The Bertz CT molecular complexity index is 2990.